The summed E-state index contributed by atoms with van der Waals surface area (Å²) < 4.78 is 1.02. The first-order chi connectivity index (χ1) is 10.0. The van der Waals surface area contributed by atoms with Gasteiger partial charge in [0.1, 0.15) is 0 Å². The van der Waals surface area contributed by atoms with Crippen LogP contribution >= 0.6 is 27.7 Å². The third-order valence-corrected chi connectivity index (χ3v) is 4.79. The maximum Gasteiger partial charge on any atom is 0.317 e. The van der Waals surface area contributed by atoms with Crippen molar-refractivity contribution in [3.63, 3.8) is 0 Å². The van der Waals surface area contributed by atoms with Crippen molar-refractivity contribution in [1.82, 2.24) is 9.80 Å². The van der Waals surface area contributed by atoms with E-state index in [1.807, 2.05) is 34.1 Å². The Labute approximate surface area is 136 Å². The summed E-state index contributed by atoms with van der Waals surface area (Å²) in [6.07, 6.45) is 0. The summed E-state index contributed by atoms with van der Waals surface area (Å²) in [6.45, 7) is 2.51. The number of thioether (sulfide) groups is 1. The Morgan fingerprint density at radius 1 is 1.14 bits per heavy atom. The zero-order valence-electron chi connectivity index (χ0n) is 11.5. The van der Waals surface area contributed by atoms with Crippen molar-refractivity contribution < 1.29 is 14.7 Å². The predicted octanol–water partition coefficient (Wildman–Crippen LogP) is 1.77. The van der Waals surface area contributed by atoms with E-state index in [-0.39, 0.29) is 12.5 Å². The molecular formula is C14H17BrN2O3S. The van der Waals surface area contributed by atoms with E-state index in [9.17, 15) is 9.59 Å². The van der Waals surface area contributed by atoms with E-state index >= 15 is 0 Å². The lowest BCUT2D eigenvalue weighted by Gasteiger charge is -2.33. The Bertz CT molecular complexity index is 501. The minimum Gasteiger partial charge on any atom is -0.480 e. The van der Waals surface area contributed by atoms with Crippen molar-refractivity contribution in [1.29, 1.82) is 0 Å². The Morgan fingerprint density at radius 2 is 1.76 bits per heavy atom. The molecule has 0 aliphatic carbocycles. The second-order valence-electron chi connectivity index (χ2n) is 4.79. The molecule has 0 bridgehead atoms. The van der Waals surface area contributed by atoms with E-state index in [0.29, 0.717) is 31.9 Å². The molecule has 0 atom stereocenters. The highest BCUT2D eigenvalue weighted by Gasteiger charge is 2.22. The van der Waals surface area contributed by atoms with Crippen LogP contribution < -0.4 is 0 Å². The molecule has 1 fully saturated rings. The van der Waals surface area contributed by atoms with Gasteiger partial charge >= 0.3 is 5.97 Å². The molecule has 0 radical (unpaired) electrons. The quantitative estimate of drug-likeness (QED) is 0.798. The molecule has 7 heteroatoms. The number of aliphatic carboxylic acids is 1. The zero-order valence-corrected chi connectivity index (χ0v) is 13.9. The molecule has 1 heterocycles. The number of halogens is 1. The summed E-state index contributed by atoms with van der Waals surface area (Å²) in [7, 11) is 0. The number of hydrogen-bond donors (Lipinski definition) is 1. The van der Waals surface area contributed by atoms with Crippen LogP contribution in [0.1, 0.15) is 0 Å². The summed E-state index contributed by atoms with van der Waals surface area (Å²) >= 11 is 4.90. The summed E-state index contributed by atoms with van der Waals surface area (Å²) in [4.78, 5) is 27.5. The fourth-order valence-electron chi connectivity index (χ4n) is 2.11. The van der Waals surface area contributed by atoms with Crippen LogP contribution in [0.25, 0.3) is 0 Å². The van der Waals surface area contributed by atoms with Crippen molar-refractivity contribution in [3.05, 3.63) is 28.7 Å². The maximum atomic E-state index is 12.1. The summed E-state index contributed by atoms with van der Waals surface area (Å²) in [5.41, 5.74) is 0. The Balaban J connectivity index is 1.74. The number of nitrogens with zero attached hydrogens (tertiary/aromatic N) is 2. The highest BCUT2D eigenvalue weighted by Crippen LogP contribution is 2.21. The smallest absolute Gasteiger partial charge is 0.317 e. The molecule has 1 amide bonds. The molecule has 0 aromatic heterocycles. The topological polar surface area (TPSA) is 60.9 Å². The van der Waals surface area contributed by atoms with Crippen molar-refractivity contribution >= 4 is 39.6 Å². The highest BCUT2D eigenvalue weighted by molar-refractivity contribution is 9.10. The third-order valence-electron chi connectivity index (χ3n) is 3.26. The Kier molecular flexibility index (Phi) is 6.08. The molecule has 0 unspecified atom stereocenters. The molecule has 5 nitrogen and oxygen atoms in total. The molecule has 21 heavy (non-hydrogen) atoms. The van der Waals surface area contributed by atoms with Gasteiger partial charge in [-0.3, -0.25) is 14.5 Å². The first-order valence-electron chi connectivity index (χ1n) is 6.65. The number of hydrogen-bond acceptors (Lipinski definition) is 4. The van der Waals surface area contributed by atoms with Crippen LogP contribution in [0.5, 0.6) is 0 Å². The number of piperazine rings is 1. The number of benzene rings is 1. The summed E-state index contributed by atoms with van der Waals surface area (Å²) in [5, 5.41) is 8.74. The Morgan fingerprint density at radius 3 is 2.33 bits per heavy atom. The first kappa shape index (κ1) is 16.3. The van der Waals surface area contributed by atoms with Crippen LogP contribution in [0.15, 0.2) is 33.6 Å². The van der Waals surface area contributed by atoms with Crippen LogP contribution in [-0.2, 0) is 9.59 Å². The van der Waals surface area contributed by atoms with Crippen molar-refractivity contribution in [2.75, 3.05) is 38.5 Å². The van der Waals surface area contributed by atoms with Crippen LogP contribution in [0.4, 0.5) is 0 Å². The lowest BCUT2D eigenvalue weighted by Crippen LogP contribution is -2.50. The van der Waals surface area contributed by atoms with Gasteiger partial charge in [0.2, 0.25) is 5.91 Å². The van der Waals surface area contributed by atoms with E-state index in [1.54, 1.807) is 0 Å². The van der Waals surface area contributed by atoms with Crippen LogP contribution in [0, 0.1) is 0 Å². The SMILES string of the molecule is O=C(O)CN1CCN(C(=O)CSc2ccc(Br)cc2)CC1. The molecule has 1 saturated heterocycles. The fourth-order valence-corrected chi connectivity index (χ4v) is 3.18. The van der Waals surface area contributed by atoms with Gasteiger partial charge in [-0.05, 0) is 24.3 Å². The lowest BCUT2D eigenvalue weighted by atomic mass is 10.3. The van der Waals surface area contributed by atoms with E-state index in [2.05, 4.69) is 15.9 Å². The average molecular weight is 373 g/mol. The van der Waals surface area contributed by atoms with Gasteiger partial charge in [0, 0.05) is 35.5 Å². The first-order valence-corrected chi connectivity index (χ1v) is 8.43. The number of carbonyl (C=O) groups is 2. The van der Waals surface area contributed by atoms with Gasteiger partial charge < -0.3 is 10.0 Å². The van der Waals surface area contributed by atoms with Gasteiger partial charge in [0.15, 0.2) is 0 Å². The molecule has 2 rings (SSSR count). The molecule has 1 aromatic rings. The molecule has 1 aliphatic heterocycles. The predicted molar refractivity (Wildman–Crippen MR) is 85.5 cm³/mol. The van der Waals surface area contributed by atoms with Crippen LogP contribution in [0.2, 0.25) is 0 Å². The summed E-state index contributed by atoms with van der Waals surface area (Å²) in [5.74, 6) is -0.293. The highest BCUT2D eigenvalue weighted by atomic mass is 79.9. The molecule has 1 aromatic carbocycles. The van der Waals surface area contributed by atoms with E-state index < -0.39 is 5.97 Å². The Hall–Kier alpha value is -1.05. The third kappa shape index (κ3) is 5.33. The largest absolute Gasteiger partial charge is 0.480 e. The standard InChI is InChI=1S/C14H17BrN2O3S/c15-11-1-3-12(4-2-11)21-10-13(18)17-7-5-16(6-8-17)9-14(19)20/h1-4H,5-10H2,(H,19,20). The maximum absolute atomic E-state index is 12.1. The second-order valence-corrected chi connectivity index (χ2v) is 6.76. The van der Waals surface area contributed by atoms with Crippen molar-refractivity contribution in [3.8, 4) is 0 Å². The number of carboxylic acids is 1. The average Bonchev–Trinajstić information content (AvgIpc) is 2.46. The number of amides is 1. The van der Waals surface area contributed by atoms with E-state index in [0.717, 1.165) is 9.37 Å². The molecule has 0 saturated carbocycles. The molecule has 114 valence electrons. The van der Waals surface area contributed by atoms with E-state index in [4.69, 9.17) is 5.11 Å². The molecule has 1 N–H and O–H groups in total. The van der Waals surface area contributed by atoms with Gasteiger partial charge in [0.05, 0.1) is 12.3 Å². The minimum atomic E-state index is -0.819. The van der Waals surface area contributed by atoms with Crippen molar-refractivity contribution in [2.24, 2.45) is 0 Å². The molecule has 0 spiro atoms. The van der Waals surface area contributed by atoms with Gasteiger partial charge in [-0.15, -0.1) is 11.8 Å². The van der Waals surface area contributed by atoms with Crippen LogP contribution in [0.3, 0.4) is 0 Å². The van der Waals surface area contributed by atoms with Crippen LogP contribution in [-0.4, -0.2) is 65.3 Å². The van der Waals surface area contributed by atoms with Crippen molar-refractivity contribution in [2.45, 2.75) is 4.90 Å². The number of carboxylic acid groups (broad SMARTS) is 1. The summed E-state index contributed by atoms with van der Waals surface area (Å²) in [6, 6.07) is 7.87. The van der Waals surface area contributed by atoms with Gasteiger partial charge in [-0.25, -0.2) is 0 Å². The second kappa shape index (κ2) is 7.82. The van der Waals surface area contributed by atoms with Gasteiger partial charge in [0.25, 0.3) is 0 Å². The van der Waals surface area contributed by atoms with E-state index in [1.165, 1.54) is 11.8 Å². The fraction of sp³-hybridized carbons (Fsp3) is 0.429. The normalized spacial score (nSPS) is 16.0. The minimum absolute atomic E-state index is 0.0513. The van der Waals surface area contributed by atoms with Gasteiger partial charge in [-0.1, -0.05) is 15.9 Å². The zero-order chi connectivity index (χ0) is 15.2. The molecule has 1 aliphatic rings. The number of rotatable bonds is 5. The number of carbonyl (C=O) groups excluding carboxylic acids is 1. The molecular weight excluding hydrogens is 356 g/mol. The van der Waals surface area contributed by atoms with Gasteiger partial charge in [-0.2, -0.15) is 0 Å². The lowest BCUT2D eigenvalue weighted by molar-refractivity contribution is -0.139. The monoisotopic (exact) mass is 372 g/mol.